The van der Waals surface area contributed by atoms with Crippen LogP contribution in [0.4, 0.5) is 20.8 Å². The minimum atomic E-state index is -1.31. The second-order valence-corrected chi connectivity index (χ2v) is 8.28. The normalized spacial score (nSPS) is 20.8. The Bertz CT molecular complexity index is 1100. The van der Waals surface area contributed by atoms with Gasteiger partial charge < -0.3 is 20.1 Å². The number of rotatable bonds is 7. The third kappa shape index (κ3) is 4.38. The number of aromatic amines is 1. The molecule has 0 unspecified atom stereocenters. The maximum atomic E-state index is 15.0. The van der Waals surface area contributed by atoms with Gasteiger partial charge in [0.15, 0.2) is 11.6 Å². The first-order chi connectivity index (χ1) is 15.4. The third-order valence-corrected chi connectivity index (χ3v) is 5.57. The van der Waals surface area contributed by atoms with Crippen molar-refractivity contribution in [1.82, 2.24) is 30.1 Å². The van der Waals surface area contributed by atoms with Crippen LogP contribution >= 0.6 is 0 Å². The Labute approximate surface area is 184 Å². The van der Waals surface area contributed by atoms with E-state index in [1.165, 1.54) is 0 Å². The Balaban J connectivity index is 1.48. The van der Waals surface area contributed by atoms with Crippen LogP contribution in [0, 0.1) is 6.92 Å². The highest BCUT2D eigenvalue weighted by molar-refractivity contribution is 5.76. The van der Waals surface area contributed by atoms with Crippen molar-refractivity contribution in [2.24, 2.45) is 0 Å². The van der Waals surface area contributed by atoms with E-state index >= 15 is 0 Å². The number of ether oxygens (including phenoxy) is 2. The van der Waals surface area contributed by atoms with E-state index in [1.807, 2.05) is 20.8 Å². The van der Waals surface area contributed by atoms with Gasteiger partial charge in [-0.05, 0) is 33.6 Å². The highest BCUT2D eigenvalue weighted by Gasteiger charge is 2.40. The van der Waals surface area contributed by atoms with E-state index in [2.05, 4.69) is 30.9 Å². The zero-order valence-electron chi connectivity index (χ0n) is 18.6. The van der Waals surface area contributed by atoms with Crippen LogP contribution in [0.5, 0.6) is 0 Å². The van der Waals surface area contributed by atoms with E-state index in [9.17, 15) is 9.18 Å². The number of fused-ring (bicyclic) bond motifs is 1. The zero-order chi connectivity index (χ0) is 22.8. The number of alkyl halides is 1. The quantitative estimate of drug-likeness (QED) is 0.510. The number of nitrogens with one attached hydrogen (secondary N) is 3. The Morgan fingerprint density at radius 3 is 2.97 bits per heavy atom. The van der Waals surface area contributed by atoms with E-state index in [-0.39, 0.29) is 6.04 Å². The fraction of sp³-hybridized carbons (Fsp3) is 0.524. The number of nitrogens with zero attached hydrogens (tertiary/aromatic N) is 4. The van der Waals surface area contributed by atoms with Gasteiger partial charge in [-0.25, -0.2) is 18.7 Å². The molecule has 1 fully saturated rings. The summed E-state index contributed by atoms with van der Waals surface area (Å²) in [7, 11) is 1.62. The number of aromatic nitrogens is 5. The average Bonchev–Trinajstić information content (AvgIpc) is 3.41. The van der Waals surface area contributed by atoms with E-state index in [4.69, 9.17) is 9.47 Å². The first-order valence-corrected chi connectivity index (χ1v) is 10.6. The first kappa shape index (κ1) is 22.0. The van der Waals surface area contributed by atoms with Gasteiger partial charge in [0.1, 0.15) is 17.8 Å². The van der Waals surface area contributed by atoms with Crippen molar-refractivity contribution in [3.8, 4) is 0 Å². The van der Waals surface area contributed by atoms with E-state index < -0.39 is 24.3 Å². The lowest BCUT2D eigenvalue weighted by atomic mass is 10.0. The van der Waals surface area contributed by atoms with Crippen molar-refractivity contribution < 1.29 is 18.7 Å². The van der Waals surface area contributed by atoms with Gasteiger partial charge >= 0.3 is 6.09 Å². The molecule has 0 aliphatic heterocycles. The summed E-state index contributed by atoms with van der Waals surface area (Å²) in [6, 6.07) is 1.70. The molecule has 3 aromatic rings. The van der Waals surface area contributed by atoms with Crippen molar-refractivity contribution in [2.45, 2.75) is 64.5 Å². The highest BCUT2D eigenvalue weighted by Crippen LogP contribution is 2.38. The van der Waals surface area contributed by atoms with Gasteiger partial charge in [-0.15, -0.1) is 0 Å². The molecule has 1 aliphatic carbocycles. The van der Waals surface area contributed by atoms with Gasteiger partial charge in [-0.1, -0.05) is 0 Å². The van der Waals surface area contributed by atoms with Crippen molar-refractivity contribution in [1.29, 1.82) is 0 Å². The molecular formula is C21H28FN7O3. The summed E-state index contributed by atoms with van der Waals surface area (Å²) in [5.74, 6) is 0.681. The van der Waals surface area contributed by atoms with E-state index in [0.717, 1.165) is 16.8 Å². The van der Waals surface area contributed by atoms with Gasteiger partial charge in [0.2, 0.25) is 0 Å². The van der Waals surface area contributed by atoms with Crippen molar-refractivity contribution in [2.75, 3.05) is 12.4 Å². The van der Waals surface area contributed by atoms with Gasteiger partial charge in [-0.3, -0.25) is 5.10 Å². The lowest BCUT2D eigenvalue weighted by Gasteiger charge is -2.18. The fourth-order valence-corrected chi connectivity index (χ4v) is 4.05. The number of alkyl carbamates (subject to hydrolysis) is 1. The van der Waals surface area contributed by atoms with Crippen LogP contribution < -0.4 is 10.6 Å². The lowest BCUT2D eigenvalue weighted by molar-refractivity contribution is 0.0555. The SMILES string of the molecule is COCc1nn2ccnc(Nc3cc([C@@H]4CC[C@H](OC(=O)NC(C)C)[C@H]4F)[nH]n3)c2c1C. The number of H-pyrrole nitrogens is 1. The molecular weight excluding hydrogens is 417 g/mol. The molecule has 0 bridgehead atoms. The summed E-state index contributed by atoms with van der Waals surface area (Å²) in [4.78, 5) is 16.3. The average molecular weight is 445 g/mol. The van der Waals surface area contributed by atoms with Crippen LogP contribution in [0.2, 0.25) is 0 Å². The monoisotopic (exact) mass is 445 g/mol. The molecule has 0 aromatic carbocycles. The maximum absolute atomic E-state index is 15.0. The Morgan fingerprint density at radius 2 is 2.22 bits per heavy atom. The molecule has 11 heteroatoms. The third-order valence-electron chi connectivity index (χ3n) is 5.57. The van der Waals surface area contributed by atoms with E-state index in [0.29, 0.717) is 36.8 Å². The number of anilines is 2. The number of carbonyl (C=O) groups excluding carboxylic acids is 1. The number of aryl methyl sites for hydroxylation is 1. The standard InChI is InChI=1S/C21H28FN7O3/c1-11(2)24-21(30)32-16-6-5-13(18(16)22)14-9-17(27-26-14)25-20-19-12(3)15(10-31-4)28-29(19)8-7-23-20/h7-9,11,13,16,18H,5-6,10H2,1-4H3,(H,24,30)(H2,23,25,26,27)/t13-,16-,18-/m0/s1. The number of carbonyl (C=O) groups is 1. The molecule has 3 heterocycles. The molecule has 3 N–H and O–H groups in total. The van der Waals surface area contributed by atoms with Crippen molar-refractivity contribution in [3.05, 3.63) is 35.4 Å². The summed E-state index contributed by atoms with van der Waals surface area (Å²) in [5, 5.41) is 17.5. The van der Waals surface area contributed by atoms with Crippen LogP contribution in [0.15, 0.2) is 18.5 Å². The first-order valence-electron chi connectivity index (χ1n) is 10.6. The second-order valence-electron chi connectivity index (χ2n) is 8.28. The van der Waals surface area contributed by atoms with Crippen LogP contribution in [0.25, 0.3) is 5.52 Å². The number of halogens is 1. The fourth-order valence-electron chi connectivity index (χ4n) is 4.05. The molecule has 1 aliphatic rings. The summed E-state index contributed by atoms with van der Waals surface area (Å²) >= 11 is 0. The molecule has 0 spiro atoms. The zero-order valence-corrected chi connectivity index (χ0v) is 18.6. The molecule has 0 saturated heterocycles. The number of methoxy groups -OCH3 is 1. The summed E-state index contributed by atoms with van der Waals surface area (Å²) in [6.45, 7) is 6.01. The summed E-state index contributed by atoms with van der Waals surface area (Å²) < 4.78 is 27.2. The van der Waals surface area contributed by atoms with Crippen LogP contribution in [-0.4, -0.2) is 56.3 Å². The van der Waals surface area contributed by atoms with Crippen LogP contribution in [0.1, 0.15) is 49.6 Å². The van der Waals surface area contributed by atoms with Crippen molar-refractivity contribution >= 4 is 23.2 Å². The molecule has 1 saturated carbocycles. The molecule has 4 rings (SSSR count). The van der Waals surface area contributed by atoms with Crippen LogP contribution in [0.3, 0.4) is 0 Å². The Kier molecular flexibility index (Phi) is 6.26. The topological polar surface area (TPSA) is 118 Å². The minimum absolute atomic E-state index is 0.0675. The Morgan fingerprint density at radius 1 is 1.41 bits per heavy atom. The number of hydrogen-bond donors (Lipinski definition) is 3. The summed E-state index contributed by atoms with van der Waals surface area (Å²) in [6.07, 6.45) is 1.74. The highest BCUT2D eigenvalue weighted by atomic mass is 19.1. The Hall–Kier alpha value is -3.21. The summed E-state index contributed by atoms with van der Waals surface area (Å²) in [5.41, 5.74) is 3.24. The van der Waals surface area contributed by atoms with Crippen molar-refractivity contribution in [3.63, 3.8) is 0 Å². The second kappa shape index (κ2) is 9.11. The maximum Gasteiger partial charge on any atom is 0.407 e. The number of amides is 1. The molecule has 3 aromatic heterocycles. The molecule has 1 amide bonds. The molecule has 172 valence electrons. The number of hydrogen-bond acceptors (Lipinski definition) is 7. The molecule has 10 nitrogen and oxygen atoms in total. The minimum Gasteiger partial charge on any atom is -0.443 e. The predicted octanol–water partition coefficient (Wildman–Crippen LogP) is 3.37. The lowest BCUT2D eigenvalue weighted by Crippen LogP contribution is -2.36. The van der Waals surface area contributed by atoms with Gasteiger partial charge in [0.25, 0.3) is 0 Å². The predicted molar refractivity (Wildman–Crippen MR) is 116 cm³/mol. The van der Waals surface area contributed by atoms with E-state index in [1.54, 1.807) is 30.1 Å². The van der Waals surface area contributed by atoms with Gasteiger partial charge in [0, 0.05) is 48.8 Å². The molecule has 0 radical (unpaired) electrons. The van der Waals surface area contributed by atoms with Gasteiger partial charge in [0.05, 0.1) is 12.3 Å². The largest absolute Gasteiger partial charge is 0.443 e. The van der Waals surface area contributed by atoms with Gasteiger partial charge in [-0.2, -0.15) is 10.2 Å². The smallest absolute Gasteiger partial charge is 0.407 e. The van der Waals surface area contributed by atoms with Crippen LogP contribution in [-0.2, 0) is 16.1 Å². The molecule has 32 heavy (non-hydrogen) atoms. The molecule has 3 atom stereocenters.